The number of carbonyl (C=O) groups is 2. The number of aryl methyl sites for hydroxylation is 1. The number of rotatable bonds is 6. The molecule has 1 saturated heterocycles. The van der Waals surface area contributed by atoms with Gasteiger partial charge in [-0.1, -0.05) is 0 Å². The molecule has 1 unspecified atom stereocenters. The number of ether oxygens (including phenoxy) is 1. The lowest BCUT2D eigenvalue weighted by Crippen LogP contribution is -2.21. The molecule has 3 N–H and O–H groups in total. The summed E-state index contributed by atoms with van der Waals surface area (Å²) in [4.78, 5) is 32.2. The summed E-state index contributed by atoms with van der Waals surface area (Å²) in [5.74, 6) is -0.0594. The van der Waals surface area contributed by atoms with Gasteiger partial charge >= 0.3 is 0 Å². The smallest absolute Gasteiger partial charge is 0.274 e. The van der Waals surface area contributed by atoms with Crippen LogP contribution in [0.15, 0.2) is 30.3 Å². The fourth-order valence-electron chi connectivity index (χ4n) is 2.81. The zero-order chi connectivity index (χ0) is 19.2. The SMILES string of the molecule is CC(=O)Nc1ccc(NC(=O)c2cc(C)nc(NCC3CCCO3)n2)cc1. The number of aromatic nitrogens is 2. The van der Waals surface area contributed by atoms with Gasteiger partial charge in [0, 0.05) is 37.1 Å². The van der Waals surface area contributed by atoms with E-state index in [4.69, 9.17) is 4.74 Å². The number of anilines is 3. The Kier molecular flexibility index (Phi) is 5.97. The number of amides is 2. The maximum atomic E-state index is 12.5. The van der Waals surface area contributed by atoms with Crippen molar-refractivity contribution in [3.05, 3.63) is 41.7 Å². The molecule has 2 amide bonds. The summed E-state index contributed by atoms with van der Waals surface area (Å²) in [6, 6.07) is 8.51. The number of hydrogen-bond donors (Lipinski definition) is 3. The van der Waals surface area contributed by atoms with E-state index in [2.05, 4.69) is 25.9 Å². The molecule has 1 fully saturated rings. The molecular formula is C19H23N5O3. The first-order valence-corrected chi connectivity index (χ1v) is 8.90. The summed E-state index contributed by atoms with van der Waals surface area (Å²) in [6.07, 6.45) is 2.24. The number of hydrogen-bond acceptors (Lipinski definition) is 6. The van der Waals surface area contributed by atoms with Crippen molar-refractivity contribution >= 4 is 29.1 Å². The topological polar surface area (TPSA) is 105 Å². The molecule has 27 heavy (non-hydrogen) atoms. The Morgan fingerprint density at radius 3 is 2.48 bits per heavy atom. The number of benzene rings is 1. The van der Waals surface area contributed by atoms with Gasteiger partial charge in [0.25, 0.3) is 5.91 Å². The first-order chi connectivity index (χ1) is 13.0. The standard InChI is InChI=1S/C19H23N5O3/c1-12-10-17(24-19(21-12)20-11-16-4-3-9-27-16)18(26)23-15-7-5-14(6-8-15)22-13(2)25/h5-8,10,16H,3-4,9,11H2,1-2H3,(H,22,25)(H,23,26)(H,20,21,24). The van der Waals surface area contributed by atoms with Crippen molar-refractivity contribution in [2.75, 3.05) is 29.1 Å². The number of carbonyl (C=O) groups excluding carboxylic acids is 2. The molecule has 0 bridgehead atoms. The zero-order valence-electron chi connectivity index (χ0n) is 15.4. The van der Waals surface area contributed by atoms with Gasteiger partial charge in [0.2, 0.25) is 11.9 Å². The van der Waals surface area contributed by atoms with E-state index >= 15 is 0 Å². The molecule has 2 heterocycles. The number of nitrogens with zero attached hydrogens (tertiary/aromatic N) is 2. The fourth-order valence-corrected chi connectivity index (χ4v) is 2.81. The van der Waals surface area contributed by atoms with Gasteiger partial charge in [-0.05, 0) is 50.1 Å². The Bertz CT molecular complexity index is 817. The largest absolute Gasteiger partial charge is 0.376 e. The van der Waals surface area contributed by atoms with Gasteiger partial charge in [0.05, 0.1) is 6.10 Å². The Labute approximate surface area is 157 Å². The van der Waals surface area contributed by atoms with Gasteiger partial charge in [0.15, 0.2) is 0 Å². The van der Waals surface area contributed by atoms with Crippen molar-refractivity contribution in [2.45, 2.75) is 32.8 Å². The zero-order valence-corrected chi connectivity index (χ0v) is 15.4. The average molecular weight is 369 g/mol. The van der Waals surface area contributed by atoms with Gasteiger partial charge in [-0.2, -0.15) is 0 Å². The highest BCUT2D eigenvalue weighted by molar-refractivity contribution is 6.03. The Balaban J connectivity index is 1.64. The molecule has 1 atom stereocenters. The maximum Gasteiger partial charge on any atom is 0.274 e. The van der Waals surface area contributed by atoms with Gasteiger partial charge in [-0.3, -0.25) is 9.59 Å². The van der Waals surface area contributed by atoms with Crippen molar-refractivity contribution in [2.24, 2.45) is 0 Å². The van der Waals surface area contributed by atoms with Crippen LogP contribution in [-0.4, -0.2) is 41.0 Å². The van der Waals surface area contributed by atoms with E-state index in [0.717, 1.165) is 19.4 Å². The molecule has 0 spiro atoms. The van der Waals surface area contributed by atoms with Crippen molar-refractivity contribution in [3.63, 3.8) is 0 Å². The highest BCUT2D eigenvalue weighted by Gasteiger charge is 2.16. The van der Waals surface area contributed by atoms with Crippen molar-refractivity contribution in [1.82, 2.24) is 9.97 Å². The van der Waals surface area contributed by atoms with Crippen LogP contribution in [0.3, 0.4) is 0 Å². The van der Waals surface area contributed by atoms with Crippen molar-refractivity contribution in [1.29, 1.82) is 0 Å². The summed E-state index contributed by atoms with van der Waals surface area (Å²) in [6.45, 7) is 4.67. The summed E-state index contributed by atoms with van der Waals surface area (Å²) < 4.78 is 5.57. The van der Waals surface area contributed by atoms with E-state index in [-0.39, 0.29) is 23.6 Å². The molecule has 2 aromatic rings. The monoisotopic (exact) mass is 369 g/mol. The Morgan fingerprint density at radius 2 is 1.85 bits per heavy atom. The van der Waals surface area contributed by atoms with Crippen LogP contribution in [-0.2, 0) is 9.53 Å². The van der Waals surface area contributed by atoms with E-state index in [1.807, 2.05) is 6.92 Å². The van der Waals surface area contributed by atoms with Crippen LogP contribution in [0.5, 0.6) is 0 Å². The molecular weight excluding hydrogens is 346 g/mol. The van der Waals surface area contributed by atoms with Crippen LogP contribution in [0.1, 0.15) is 35.9 Å². The predicted octanol–water partition coefficient (Wildman–Crippen LogP) is 2.59. The molecule has 0 saturated carbocycles. The van der Waals surface area contributed by atoms with E-state index in [1.54, 1.807) is 30.3 Å². The minimum Gasteiger partial charge on any atom is -0.376 e. The maximum absolute atomic E-state index is 12.5. The molecule has 1 aliphatic rings. The third-order valence-corrected chi connectivity index (χ3v) is 4.06. The predicted molar refractivity (Wildman–Crippen MR) is 103 cm³/mol. The van der Waals surface area contributed by atoms with Crippen LogP contribution in [0, 0.1) is 6.92 Å². The molecule has 1 aromatic heterocycles. The molecule has 142 valence electrons. The molecule has 3 rings (SSSR count). The molecule has 0 aliphatic carbocycles. The van der Waals surface area contributed by atoms with Gasteiger partial charge in [-0.15, -0.1) is 0 Å². The fraction of sp³-hybridized carbons (Fsp3) is 0.368. The van der Waals surface area contributed by atoms with Gasteiger partial charge in [-0.25, -0.2) is 9.97 Å². The summed E-state index contributed by atoms with van der Waals surface area (Å²) >= 11 is 0. The second kappa shape index (κ2) is 8.59. The molecule has 1 aromatic carbocycles. The van der Waals surface area contributed by atoms with E-state index in [0.29, 0.717) is 29.6 Å². The molecule has 8 nitrogen and oxygen atoms in total. The quantitative estimate of drug-likeness (QED) is 0.723. The normalized spacial score (nSPS) is 16.0. The first kappa shape index (κ1) is 18.8. The summed E-state index contributed by atoms with van der Waals surface area (Å²) in [5, 5.41) is 8.62. The van der Waals surface area contributed by atoms with Gasteiger partial charge < -0.3 is 20.7 Å². The minimum atomic E-state index is -0.326. The van der Waals surface area contributed by atoms with Crippen LogP contribution >= 0.6 is 0 Å². The van der Waals surface area contributed by atoms with Gasteiger partial charge in [0.1, 0.15) is 5.69 Å². The van der Waals surface area contributed by atoms with Crippen LogP contribution in [0.2, 0.25) is 0 Å². The van der Waals surface area contributed by atoms with Crippen molar-refractivity contribution < 1.29 is 14.3 Å². The Hall–Kier alpha value is -3.00. The molecule has 1 aliphatic heterocycles. The van der Waals surface area contributed by atoms with Crippen molar-refractivity contribution in [3.8, 4) is 0 Å². The minimum absolute atomic E-state index is 0.147. The highest BCUT2D eigenvalue weighted by Crippen LogP contribution is 2.16. The van der Waals surface area contributed by atoms with Crippen LogP contribution < -0.4 is 16.0 Å². The van der Waals surface area contributed by atoms with E-state index in [9.17, 15) is 9.59 Å². The molecule has 0 radical (unpaired) electrons. The average Bonchev–Trinajstić information content (AvgIpc) is 3.14. The van der Waals surface area contributed by atoms with Crippen LogP contribution in [0.25, 0.3) is 0 Å². The third kappa shape index (κ3) is 5.49. The summed E-state index contributed by atoms with van der Waals surface area (Å²) in [7, 11) is 0. The lowest BCUT2D eigenvalue weighted by molar-refractivity contribution is -0.114. The van der Waals surface area contributed by atoms with E-state index in [1.165, 1.54) is 6.92 Å². The second-order valence-corrected chi connectivity index (χ2v) is 6.45. The second-order valence-electron chi connectivity index (χ2n) is 6.45. The third-order valence-electron chi connectivity index (χ3n) is 4.06. The lowest BCUT2D eigenvalue weighted by atomic mass is 10.2. The first-order valence-electron chi connectivity index (χ1n) is 8.90. The van der Waals surface area contributed by atoms with Crippen LogP contribution in [0.4, 0.5) is 17.3 Å². The lowest BCUT2D eigenvalue weighted by Gasteiger charge is -2.12. The molecule has 8 heteroatoms. The highest BCUT2D eigenvalue weighted by atomic mass is 16.5. The van der Waals surface area contributed by atoms with E-state index < -0.39 is 0 Å². The summed E-state index contributed by atoms with van der Waals surface area (Å²) in [5.41, 5.74) is 2.26. The number of nitrogens with one attached hydrogen (secondary N) is 3. The Morgan fingerprint density at radius 1 is 1.15 bits per heavy atom.